The molecule has 1 heterocycles. The van der Waals surface area contributed by atoms with Gasteiger partial charge < -0.3 is 0 Å². The van der Waals surface area contributed by atoms with Crippen molar-refractivity contribution < 1.29 is 0 Å². The number of allylic oxidation sites excluding steroid dienone is 1. The van der Waals surface area contributed by atoms with Crippen molar-refractivity contribution in [2.75, 3.05) is 5.75 Å². The van der Waals surface area contributed by atoms with Crippen LogP contribution in [0.2, 0.25) is 0 Å². The van der Waals surface area contributed by atoms with Crippen LogP contribution in [-0.2, 0) is 6.54 Å². The average Bonchev–Trinajstić information content (AvgIpc) is 2.41. The summed E-state index contributed by atoms with van der Waals surface area (Å²) in [5.41, 5.74) is 0. The van der Waals surface area contributed by atoms with E-state index in [9.17, 15) is 0 Å². The molecule has 1 rings (SSSR count). The Morgan fingerprint density at radius 1 is 1.50 bits per heavy atom. The van der Waals surface area contributed by atoms with Gasteiger partial charge in [0.15, 0.2) is 0 Å². The van der Waals surface area contributed by atoms with Crippen LogP contribution < -0.4 is 0 Å². The molecule has 0 atom stereocenters. The maximum atomic E-state index is 4.02. The van der Waals surface area contributed by atoms with E-state index in [1.807, 2.05) is 12.2 Å². The van der Waals surface area contributed by atoms with Gasteiger partial charge in [0.1, 0.15) is 12.7 Å². The smallest absolute Gasteiger partial charge is 0.137 e. The maximum Gasteiger partial charge on any atom is 0.137 e. The van der Waals surface area contributed by atoms with Gasteiger partial charge >= 0.3 is 0 Å². The van der Waals surface area contributed by atoms with Crippen LogP contribution in [-0.4, -0.2) is 20.5 Å². The third-order valence-corrected chi connectivity index (χ3v) is 1.24. The number of nitrogens with zero attached hydrogens (tertiary/aromatic N) is 3. The molecule has 3 nitrogen and oxygen atoms in total. The highest BCUT2D eigenvalue weighted by molar-refractivity contribution is 7.80. The molecule has 54 valence electrons. The predicted molar refractivity (Wildman–Crippen MR) is 43.0 cm³/mol. The van der Waals surface area contributed by atoms with Gasteiger partial charge in [0, 0.05) is 5.75 Å². The molecule has 0 N–H and O–H groups in total. The van der Waals surface area contributed by atoms with Gasteiger partial charge in [0.25, 0.3) is 0 Å². The highest BCUT2D eigenvalue weighted by Crippen LogP contribution is 1.83. The van der Waals surface area contributed by atoms with E-state index < -0.39 is 0 Å². The summed E-state index contributed by atoms with van der Waals surface area (Å²) in [6.45, 7) is 0.778. The molecule has 0 unspecified atom stereocenters. The highest BCUT2D eigenvalue weighted by atomic mass is 32.1. The SMILES string of the molecule is SCC=CCn1cncn1. The van der Waals surface area contributed by atoms with Crippen LogP contribution in [0.4, 0.5) is 0 Å². The van der Waals surface area contributed by atoms with Crippen LogP contribution in [0.1, 0.15) is 0 Å². The highest BCUT2D eigenvalue weighted by Gasteiger charge is 1.82. The van der Waals surface area contributed by atoms with Crippen LogP contribution in [0.3, 0.4) is 0 Å². The molecule has 0 aliphatic heterocycles. The molecule has 0 amide bonds. The Balaban J connectivity index is 2.34. The normalized spacial score (nSPS) is 10.9. The van der Waals surface area contributed by atoms with Gasteiger partial charge in [-0.3, -0.25) is 0 Å². The van der Waals surface area contributed by atoms with Gasteiger partial charge in [0.2, 0.25) is 0 Å². The Kier molecular flexibility index (Phi) is 3.02. The first-order chi connectivity index (χ1) is 4.93. The monoisotopic (exact) mass is 155 g/mol. The van der Waals surface area contributed by atoms with Crippen molar-refractivity contribution in [3.63, 3.8) is 0 Å². The number of hydrogen-bond donors (Lipinski definition) is 1. The molecule has 0 bridgehead atoms. The molecule has 4 heteroatoms. The van der Waals surface area contributed by atoms with Gasteiger partial charge in [0.05, 0.1) is 6.54 Å². The molecule has 1 aromatic heterocycles. The van der Waals surface area contributed by atoms with E-state index in [0.29, 0.717) is 0 Å². The van der Waals surface area contributed by atoms with E-state index in [0.717, 1.165) is 12.3 Å². The molecule has 0 saturated heterocycles. The van der Waals surface area contributed by atoms with Crippen LogP contribution >= 0.6 is 12.6 Å². The molecular formula is C6H9N3S. The van der Waals surface area contributed by atoms with Crippen molar-refractivity contribution in [2.45, 2.75) is 6.54 Å². The lowest BCUT2D eigenvalue weighted by atomic mass is 10.5. The summed E-state index contributed by atoms with van der Waals surface area (Å²) in [5.74, 6) is 0.773. The zero-order valence-corrected chi connectivity index (χ0v) is 6.41. The number of thiol groups is 1. The van der Waals surface area contributed by atoms with E-state index in [1.54, 1.807) is 11.0 Å². The molecule has 1 aromatic rings. The van der Waals surface area contributed by atoms with Crippen molar-refractivity contribution in [2.24, 2.45) is 0 Å². The second kappa shape index (κ2) is 4.11. The summed E-state index contributed by atoms with van der Waals surface area (Å²) in [5, 5.41) is 3.92. The standard InChI is InChI=1S/C6H9N3S/c10-4-2-1-3-9-6-7-5-8-9/h1-2,5-6,10H,3-4H2. The lowest BCUT2D eigenvalue weighted by Crippen LogP contribution is -1.94. The minimum absolute atomic E-state index is 0.773. The average molecular weight is 155 g/mol. The van der Waals surface area contributed by atoms with E-state index in [4.69, 9.17) is 0 Å². The molecule has 0 saturated carbocycles. The summed E-state index contributed by atoms with van der Waals surface area (Å²) in [4.78, 5) is 3.80. The first-order valence-electron chi connectivity index (χ1n) is 3.02. The first-order valence-corrected chi connectivity index (χ1v) is 3.65. The zero-order valence-electron chi connectivity index (χ0n) is 5.51. The maximum absolute atomic E-state index is 4.02. The van der Waals surface area contributed by atoms with Gasteiger partial charge in [-0.1, -0.05) is 12.2 Å². The lowest BCUT2D eigenvalue weighted by molar-refractivity contribution is 0.699. The second-order valence-corrected chi connectivity index (χ2v) is 2.14. The van der Waals surface area contributed by atoms with E-state index in [-0.39, 0.29) is 0 Å². The van der Waals surface area contributed by atoms with Gasteiger partial charge in [-0.2, -0.15) is 17.7 Å². The van der Waals surface area contributed by atoms with Crippen molar-refractivity contribution in [1.29, 1.82) is 0 Å². The van der Waals surface area contributed by atoms with Crippen molar-refractivity contribution in [3.05, 3.63) is 24.8 Å². The molecule has 0 aliphatic carbocycles. The predicted octanol–water partition coefficient (Wildman–Crippen LogP) is 0.764. The van der Waals surface area contributed by atoms with Gasteiger partial charge in [-0.15, -0.1) is 0 Å². The Hall–Kier alpha value is -0.770. The summed E-state index contributed by atoms with van der Waals surface area (Å²) < 4.78 is 1.75. The quantitative estimate of drug-likeness (QED) is 0.516. The Labute approximate surface area is 65.2 Å². The molecule has 0 spiro atoms. The number of hydrogen-bond acceptors (Lipinski definition) is 3. The molecule has 0 aliphatic rings. The first kappa shape index (κ1) is 7.34. The van der Waals surface area contributed by atoms with Crippen LogP contribution in [0.25, 0.3) is 0 Å². The summed E-state index contributed by atoms with van der Waals surface area (Å²) in [7, 11) is 0. The Morgan fingerprint density at radius 3 is 3.00 bits per heavy atom. The Bertz CT molecular complexity index is 193. The van der Waals surface area contributed by atoms with E-state index >= 15 is 0 Å². The zero-order chi connectivity index (χ0) is 7.23. The Morgan fingerprint density at radius 2 is 2.40 bits per heavy atom. The second-order valence-electron chi connectivity index (χ2n) is 1.77. The lowest BCUT2D eigenvalue weighted by Gasteiger charge is -1.89. The fraction of sp³-hybridized carbons (Fsp3) is 0.333. The summed E-state index contributed by atoms with van der Waals surface area (Å²) >= 11 is 4.02. The largest absolute Gasteiger partial charge is 0.249 e. The van der Waals surface area contributed by atoms with E-state index in [1.165, 1.54) is 6.33 Å². The topological polar surface area (TPSA) is 30.7 Å². The fourth-order valence-corrected chi connectivity index (χ4v) is 0.733. The molecule has 0 radical (unpaired) electrons. The summed E-state index contributed by atoms with van der Waals surface area (Å²) in [6, 6.07) is 0. The van der Waals surface area contributed by atoms with Gasteiger partial charge in [-0.25, -0.2) is 9.67 Å². The van der Waals surface area contributed by atoms with Crippen molar-refractivity contribution in [3.8, 4) is 0 Å². The third kappa shape index (κ3) is 2.23. The minimum atomic E-state index is 0.773. The number of aromatic nitrogens is 3. The van der Waals surface area contributed by atoms with Crippen LogP contribution in [0.15, 0.2) is 24.8 Å². The van der Waals surface area contributed by atoms with E-state index in [2.05, 4.69) is 22.7 Å². The van der Waals surface area contributed by atoms with Crippen molar-refractivity contribution >= 4 is 12.6 Å². The molecule has 10 heavy (non-hydrogen) atoms. The van der Waals surface area contributed by atoms with Gasteiger partial charge in [-0.05, 0) is 0 Å². The van der Waals surface area contributed by atoms with Crippen LogP contribution in [0.5, 0.6) is 0 Å². The molecule has 0 aromatic carbocycles. The minimum Gasteiger partial charge on any atom is -0.249 e. The summed E-state index contributed by atoms with van der Waals surface area (Å²) in [6.07, 6.45) is 7.18. The third-order valence-electron chi connectivity index (χ3n) is 1.03. The molecule has 0 fully saturated rings. The van der Waals surface area contributed by atoms with Crippen molar-refractivity contribution in [1.82, 2.24) is 14.8 Å². The van der Waals surface area contributed by atoms with Crippen LogP contribution in [0, 0.1) is 0 Å². The fourth-order valence-electron chi connectivity index (χ4n) is 0.584. The molecular weight excluding hydrogens is 146 g/mol. The number of rotatable bonds is 3.